The van der Waals surface area contributed by atoms with Crippen LogP contribution in [0.3, 0.4) is 0 Å². The molecule has 0 aliphatic heterocycles. The molecule has 0 unspecified atom stereocenters. The van der Waals surface area contributed by atoms with Crippen LogP contribution in [0.2, 0.25) is 0 Å². The molecule has 0 aliphatic rings. The molecule has 0 bridgehead atoms. The lowest BCUT2D eigenvalue weighted by Gasteiger charge is -2.13. The smallest absolute Gasteiger partial charge is 0.0880 e. The van der Waals surface area contributed by atoms with Crippen molar-refractivity contribution >= 4 is 33.6 Å². The highest BCUT2D eigenvalue weighted by molar-refractivity contribution is 6.08. The van der Waals surface area contributed by atoms with Crippen molar-refractivity contribution in [3.63, 3.8) is 0 Å². The molecule has 0 saturated carbocycles. The number of carbonyl (C=O) groups excluding carboxylic acids is 2. The van der Waals surface area contributed by atoms with Gasteiger partial charge in [0, 0.05) is 10.8 Å². The molecule has 20 heavy (non-hydrogen) atoms. The van der Waals surface area contributed by atoms with Gasteiger partial charge >= 0.3 is 0 Å². The fourth-order valence-electron chi connectivity index (χ4n) is 2.50. The molecule has 2 aromatic carbocycles. The predicted molar refractivity (Wildman–Crippen MR) is 68.8 cm³/mol. The number of aliphatic carboxylic acids is 1. The summed E-state index contributed by atoms with van der Waals surface area (Å²) in [6.45, 7) is -0.527. The number of aromatic carboxylic acids is 1. The molecule has 0 aliphatic carbocycles. The van der Waals surface area contributed by atoms with Gasteiger partial charge in [0.2, 0.25) is 0 Å². The van der Waals surface area contributed by atoms with Gasteiger partial charge in [0.1, 0.15) is 0 Å². The van der Waals surface area contributed by atoms with Gasteiger partial charge in [0.15, 0.2) is 0 Å². The first kappa shape index (κ1) is 12.2. The number of aromatic nitrogens is 1. The first-order valence-corrected chi connectivity index (χ1v) is 6.00. The molecular weight excluding hydrogens is 258 g/mol. The lowest BCUT2D eigenvalue weighted by Crippen LogP contribution is -2.31. The van der Waals surface area contributed by atoms with Gasteiger partial charge in [-0.1, -0.05) is 36.4 Å². The van der Waals surface area contributed by atoms with Crippen LogP contribution in [0.15, 0.2) is 42.5 Å². The van der Waals surface area contributed by atoms with Gasteiger partial charge in [0.05, 0.1) is 29.7 Å². The fourth-order valence-corrected chi connectivity index (χ4v) is 2.50. The number of carboxylic acids is 2. The molecule has 1 aromatic heterocycles. The van der Waals surface area contributed by atoms with E-state index < -0.39 is 18.5 Å². The molecule has 0 fully saturated rings. The summed E-state index contributed by atoms with van der Waals surface area (Å²) in [5.74, 6) is -2.76. The standard InChI is InChI=1S/C15H11NO4/c17-13(18)8-16-12(15(19)20)7-10-6-5-9-3-1-2-4-11(9)14(10)16/h1-7H,8H2,(H,17,18)(H,19,20)/p-2. The van der Waals surface area contributed by atoms with Crippen molar-refractivity contribution in [3.05, 3.63) is 48.2 Å². The minimum atomic E-state index is -1.41. The monoisotopic (exact) mass is 267 g/mol. The highest BCUT2D eigenvalue weighted by Crippen LogP contribution is 2.28. The van der Waals surface area contributed by atoms with Crippen molar-refractivity contribution in [2.24, 2.45) is 0 Å². The Morgan fingerprint density at radius 1 is 1.00 bits per heavy atom. The average molecular weight is 267 g/mol. The number of hydrogen-bond donors (Lipinski definition) is 0. The van der Waals surface area contributed by atoms with Crippen molar-refractivity contribution in [3.8, 4) is 0 Å². The maximum atomic E-state index is 11.2. The van der Waals surface area contributed by atoms with Gasteiger partial charge in [-0.05, 0) is 11.5 Å². The lowest BCUT2D eigenvalue weighted by atomic mass is 10.1. The van der Waals surface area contributed by atoms with Crippen LogP contribution in [-0.2, 0) is 11.3 Å². The minimum absolute atomic E-state index is 0.166. The molecule has 5 heteroatoms. The number of carboxylic acid groups (broad SMARTS) is 2. The molecule has 1 heterocycles. The van der Waals surface area contributed by atoms with E-state index >= 15 is 0 Å². The molecule has 0 atom stereocenters. The second-order valence-corrected chi connectivity index (χ2v) is 4.50. The summed E-state index contributed by atoms with van der Waals surface area (Å²) in [5.41, 5.74) is 0.395. The molecule has 0 amide bonds. The Kier molecular flexibility index (Phi) is 2.68. The third-order valence-corrected chi connectivity index (χ3v) is 3.28. The fraction of sp³-hybridized carbons (Fsp3) is 0.0667. The second-order valence-electron chi connectivity index (χ2n) is 4.50. The van der Waals surface area contributed by atoms with Gasteiger partial charge in [-0.2, -0.15) is 0 Å². The van der Waals surface area contributed by atoms with Gasteiger partial charge < -0.3 is 24.4 Å². The van der Waals surface area contributed by atoms with Crippen LogP contribution < -0.4 is 10.2 Å². The zero-order valence-electron chi connectivity index (χ0n) is 10.3. The summed E-state index contributed by atoms with van der Waals surface area (Å²) in [6, 6.07) is 12.4. The number of fused-ring (bicyclic) bond motifs is 3. The van der Waals surface area contributed by atoms with E-state index in [2.05, 4.69) is 0 Å². The number of nitrogens with zero attached hydrogens (tertiary/aromatic N) is 1. The Hall–Kier alpha value is -2.82. The van der Waals surface area contributed by atoms with Crippen LogP contribution in [0.5, 0.6) is 0 Å². The largest absolute Gasteiger partial charge is 0.548 e. The molecule has 5 nitrogen and oxygen atoms in total. The zero-order chi connectivity index (χ0) is 14.3. The van der Waals surface area contributed by atoms with E-state index in [0.29, 0.717) is 10.9 Å². The van der Waals surface area contributed by atoms with Crippen LogP contribution in [0.1, 0.15) is 10.5 Å². The molecule has 100 valence electrons. The molecule has 0 N–H and O–H groups in total. The van der Waals surface area contributed by atoms with E-state index in [1.54, 1.807) is 6.07 Å². The molecule has 3 rings (SSSR count). The molecule has 3 aromatic rings. The first-order chi connectivity index (χ1) is 9.58. The SMILES string of the molecule is O=C([O-])Cn1c(C(=O)[O-])cc2ccc3ccccc3c21. The first-order valence-electron chi connectivity index (χ1n) is 6.00. The Morgan fingerprint density at radius 3 is 2.40 bits per heavy atom. The molecule has 0 spiro atoms. The predicted octanol–water partition coefficient (Wildman–Crippen LogP) is -0.0921. The highest BCUT2D eigenvalue weighted by atomic mass is 16.4. The summed E-state index contributed by atoms with van der Waals surface area (Å²) in [4.78, 5) is 22.0. The van der Waals surface area contributed by atoms with Crippen molar-refractivity contribution in [2.75, 3.05) is 0 Å². The summed E-state index contributed by atoms with van der Waals surface area (Å²) in [7, 11) is 0. The van der Waals surface area contributed by atoms with E-state index in [1.165, 1.54) is 10.6 Å². The number of rotatable bonds is 3. The van der Waals surface area contributed by atoms with Gasteiger partial charge in [0.25, 0.3) is 0 Å². The van der Waals surface area contributed by atoms with E-state index in [-0.39, 0.29) is 5.69 Å². The second kappa shape index (κ2) is 4.38. The van der Waals surface area contributed by atoms with E-state index in [9.17, 15) is 19.8 Å². The Bertz CT molecular complexity index is 848. The van der Waals surface area contributed by atoms with Crippen molar-refractivity contribution in [1.29, 1.82) is 0 Å². The minimum Gasteiger partial charge on any atom is -0.548 e. The van der Waals surface area contributed by atoms with Crippen LogP contribution >= 0.6 is 0 Å². The van der Waals surface area contributed by atoms with E-state index in [0.717, 1.165) is 10.8 Å². The van der Waals surface area contributed by atoms with Crippen LogP contribution in [-0.4, -0.2) is 16.5 Å². The molecule has 0 radical (unpaired) electrons. The van der Waals surface area contributed by atoms with Crippen molar-refractivity contribution in [1.82, 2.24) is 4.57 Å². The van der Waals surface area contributed by atoms with E-state index in [1.807, 2.05) is 30.3 Å². The summed E-state index contributed by atoms with van der Waals surface area (Å²) in [5, 5.41) is 24.4. The lowest BCUT2D eigenvalue weighted by molar-refractivity contribution is -0.306. The number of benzene rings is 2. The van der Waals surface area contributed by atoms with Crippen LogP contribution in [0.25, 0.3) is 21.7 Å². The summed E-state index contributed by atoms with van der Waals surface area (Å²) in [6.07, 6.45) is 0. The van der Waals surface area contributed by atoms with Crippen molar-refractivity contribution in [2.45, 2.75) is 6.54 Å². The summed E-state index contributed by atoms with van der Waals surface area (Å²) >= 11 is 0. The highest BCUT2D eigenvalue weighted by Gasteiger charge is 2.12. The summed E-state index contributed by atoms with van der Waals surface area (Å²) < 4.78 is 1.21. The maximum Gasteiger partial charge on any atom is 0.0880 e. The van der Waals surface area contributed by atoms with Crippen LogP contribution in [0.4, 0.5) is 0 Å². The van der Waals surface area contributed by atoms with Gasteiger partial charge in [-0.15, -0.1) is 0 Å². The van der Waals surface area contributed by atoms with E-state index in [4.69, 9.17) is 0 Å². The Labute approximate surface area is 113 Å². The Balaban J connectivity index is 2.45. The van der Waals surface area contributed by atoms with Gasteiger partial charge in [-0.25, -0.2) is 0 Å². The van der Waals surface area contributed by atoms with Crippen molar-refractivity contribution < 1.29 is 19.8 Å². The molecule has 0 saturated heterocycles. The topological polar surface area (TPSA) is 85.2 Å². The average Bonchev–Trinajstić information content (AvgIpc) is 2.77. The van der Waals surface area contributed by atoms with Gasteiger partial charge in [-0.3, -0.25) is 0 Å². The zero-order valence-corrected chi connectivity index (χ0v) is 10.3. The number of hydrogen-bond acceptors (Lipinski definition) is 4. The maximum absolute atomic E-state index is 11.2. The normalized spacial score (nSPS) is 11.0. The third kappa shape index (κ3) is 1.80. The van der Waals surface area contributed by atoms with Crippen LogP contribution in [0, 0.1) is 0 Å². The quantitative estimate of drug-likeness (QED) is 0.663. The third-order valence-electron chi connectivity index (χ3n) is 3.28. The number of carbonyl (C=O) groups is 2. The Morgan fingerprint density at radius 2 is 1.70 bits per heavy atom. The molecular formula is C15H9NO4-2.